The van der Waals surface area contributed by atoms with Gasteiger partial charge in [-0.2, -0.15) is 0 Å². The maximum Gasteiger partial charge on any atom is 0.253 e. The number of aromatic amines is 1. The number of aryl methyl sites for hydroxylation is 2. The van der Waals surface area contributed by atoms with Gasteiger partial charge < -0.3 is 14.6 Å². The number of tetrazole rings is 1. The van der Waals surface area contributed by atoms with Crippen LogP contribution >= 0.6 is 0 Å². The molecule has 0 amide bonds. The number of nitrogens with one attached hydrogen (secondary N) is 1. The zero-order chi connectivity index (χ0) is 27.6. The van der Waals surface area contributed by atoms with Crippen LogP contribution in [-0.4, -0.2) is 62.9 Å². The Morgan fingerprint density at radius 2 is 1.80 bits per heavy atom. The molecule has 0 spiro atoms. The fraction of sp³-hybridized carbons (Fsp3) is 0.484. The van der Waals surface area contributed by atoms with Crippen molar-refractivity contribution in [3.05, 3.63) is 75.3 Å². The van der Waals surface area contributed by atoms with Crippen molar-refractivity contribution in [2.45, 2.75) is 65.0 Å². The molecule has 210 valence electrons. The standard InChI is InChI=1S/C31H39N7O2/c1-4-40-25-12-13-27-23(19-25)20-26(31(39)32-27)29(30-33-34-35-38(30)24-8-6-5-7-9-24)37-16-14-36(15-17-37)28-18-21(2)10-11-22(28)3/h10-13,18-20,24,29H,4-9,14-17H2,1-3H3,(H,32,39). The maximum absolute atomic E-state index is 13.7. The maximum atomic E-state index is 13.7. The van der Waals surface area contributed by atoms with Crippen molar-refractivity contribution in [3.63, 3.8) is 0 Å². The first-order valence-electron chi connectivity index (χ1n) is 14.7. The Balaban J connectivity index is 1.39. The van der Waals surface area contributed by atoms with E-state index >= 15 is 0 Å². The van der Waals surface area contributed by atoms with E-state index in [2.05, 4.69) is 62.4 Å². The number of rotatable bonds is 7. The number of nitrogens with zero attached hydrogens (tertiary/aromatic N) is 6. The van der Waals surface area contributed by atoms with Gasteiger partial charge in [0.25, 0.3) is 5.56 Å². The topological polar surface area (TPSA) is 92.2 Å². The van der Waals surface area contributed by atoms with Gasteiger partial charge in [-0.1, -0.05) is 31.4 Å². The molecule has 2 aromatic carbocycles. The average Bonchev–Trinajstić information content (AvgIpc) is 3.45. The van der Waals surface area contributed by atoms with Gasteiger partial charge in [-0.05, 0) is 85.5 Å². The Morgan fingerprint density at radius 1 is 1.00 bits per heavy atom. The summed E-state index contributed by atoms with van der Waals surface area (Å²) in [6, 6.07) is 14.4. The Kier molecular flexibility index (Phi) is 7.56. The first-order valence-corrected chi connectivity index (χ1v) is 14.7. The molecule has 0 bridgehead atoms. The minimum atomic E-state index is -0.346. The lowest BCUT2D eigenvalue weighted by Crippen LogP contribution is -2.49. The van der Waals surface area contributed by atoms with E-state index in [0.717, 1.165) is 61.5 Å². The van der Waals surface area contributed by atoms with Crippen LogP contribution in [0.5, 0.6) is 5.75 Å². The van der Waals surface area contributed by atoms with Gasteiger partial charge in [-0.15, -0.1) is 5.10 Å². The first kappa shape index (κ1) is 26.5. The second-order valence-electron chi connectivity index (χ2n) is 11.2. The van der Waals surface area contributed by atoms with Gasteiger partial charge in [0.05, 0.1) is 12.6 Å². The monoisotopic (exact) mass is 541 g/mol. The third-order valence-electron chi connectivity index (χ3n) is 8.52. The fourth-order valence-electron chi connectivity index (χ4n) is 6.41. The third kappa shape index (κ3) is 5.22. The van der Waals surface area contributed by atoms with Crippen molar-refractivity contribution in [2.75, 3.05) is 37.7 Å². The lowest BCUT2D eigenvalue weighted by molar-refractivity contribution is 0.192. The molecule has 1 N–H and O–H groups in total. The summed E-state index contributed by atoms with van der Waals surface area (Å²) in [6.45, 7) is 10.2. The summed E-state index contributed by atoms with van der Waals surface area (Å²) in [5.74, 6) is 1.55. The Bertz CT molecular complexity index is 1530. The molecule has 1 aliphatic carbocycles. The van der Waals surface area contributed by atoms with Crippen LogP contribution in [0.25, 0.3) is 10.9 Å². The van der Waals surface area contributed by atoms with Crippen LogP contribution in [0.15, 0.2) is 47.3 Å². The third-order valence-corrected chi connectivity index (χ3v) is 8.52. The molecule has 1 saturated carbocycles. The SMILES string of the molecule is CCOc1ccc2[nH]c(=O)c(C(c3nnnn3C3CCCCC3)N3CCN(c4cc(C)ccc4C)CC3)cc2c1. The van der Waals surface area contributed by atoms with Crippen LogP contribution in [0.2, 0.25) is 0 Å². The van der Waals surface area contributed by atoms with E-state index in [1.54, 1.807) is 0 Å². The minimum absolute atomic E-state index is 0.100. The number of piperazine rings is 1. The van der Waals surface area contributed by atoms with E-state index in [-0.39, 0.29) is 17.6 Å². The Labute approximate surface area is 235 Å². The summed E-state index contributed by atoms with van der Waals surface area (Å²) in [7, 11) is 0. The molecule has 2 aromatic heterocycles. The molecule has 4 aromatic rings. The van der Waals surface area contributed by atoms with Gasteiger partial charge in [0.15, 0.2) is 5.82 Å². The lowest BCUT2D eigenvalue weighted by Gasteiger charge is -2.40. The molecule has 6 rings (SSSR count). The molecule has 1 saturated heterocycles. The Morgan fingerprint density at radius 3 is 2.58 bits per heavy atom. The lowest BCUT2D eigenvalue weighted by atomic mass is 9.95. The van der Waals surface area contributed by atoms with Gasteiger partial charge in [0, 0.05) is 48.3 Å². The van der Waals surface area contributed by atoms with E-state index in [0.29, 0.717) is 12.2 Å². The van der Waals surface area contributed by atoms with Crippen molar-refractivity contribution in [2.24, 2.45) is 0 Å². The quantitative estimate of drug-likeness (QED) is 0.354. The number of H-pyrrole nitrogens is 1. The van der Waals surface area contributed by atoms with Crippen LogP contribution in [0.4, 0.5) is 5.69 Å². The number of aromatic nitrogens is 5. The van der Waals surface area contributed by atoms with E-state index in [1.807, 2.05) is 35.9 Å². The Hall–Kier alpha value is -3.72. The number of pyridine rings is 1. The van der Waals surface area contributed by atoms with E-state index in [9.17, 15) is 4.79 Å². The van der Waals surface area contributed by atoms with Crippen LogP contribution in [0.1, 0.15) is 73.6 Å². The second kappa shape index (κ2) is 11.4. The zero-order valence-corrected chi connectivity index (χ0v) is 23.8. The summed E-state index contributed by atoms with van der Waals surface area (Å²) in [5.41, 5.74) is 5.21. The molecule has 2 fully saturated rings. The smallest absolute Gasteiger partial charge is 0.253 e. The first-order chi connectivity index (χ1) is 19.5. The molecule has 40 heavy (non-hydrogen) atoms. The number of fused-ring (bicyclic) bond motifs is 1. The van der Waals surface area contributed by atoms with Gasteiger partial charge in [0.1, 0.15) is 11.8 Å². The molecule has 9 heteroatoms. The van der Waals surface area contributed by atoms with Crippen molar-refractivity contribution < 1.29 is 4.74 Å². The van der Waals surface area contributed by atoms with Crippen LogP contribution in [0, 0.1) is 13.8 Å². The predicted molar refractivity (Wildman–Crippen MR) is 157 cm³/mol. The van der Waals surface area contributed by atoms with Crippen LogP contribution < -0.4 is 15.2 Å². The highest BCUT2D eigenvalue weighted by Crippen LogP contribution is 2.34. The van der Waals surface area contributed by atoms with Crippen LogP contribution in [-0.2, 0) is 0 Å². The van der Waals surface area contributed by atoms with Gasteiger partial charge >= 0.3 is 0 Å². The number of ether oxygens (including phenoxy) is 1. The van der Waals surface area contributed by atoms with Crippen molar-refractivity contribution in [1.29, 1.82) is 0 Å². The summed E-state index contributed by atoms with van der Waals surface area (Å²) >= 11 is 0. The van der Waals surface area contributed by atoms with E-state index < -0.39 is 0 Å². The minimum Gasteiger partial charge on any atom is -0.494 e. The highest BCUT2D eigenvalue weighted by Gasteiger charge is 2.34. The highest BCUT2D eigenvalue weighted by atomic mass is 16.5. The summed E-state index contributed by atoms with van der Waals surface area (Å²) in [4.78, 5) is 21.6. The number of hydrogen-bond donors (Lipinski definition) is 1. The van der Waals surface area contributed by atoms with Crippen molar-refractivity contribution >= 4 is 16.6 Å². The predicted octanol–water partition coefficient (Wildman–Crippen LogP) is 4.95. The van der Waals surface area contributed by atoms with E-state index in [4.69, 9.17) is 4.74 Å². The molecule has 3 heterocycles. The summed E-state index contributed by atoms with van der Waals surface area (Å²) in [6.07, 6.45) is 5.75. The molecule has 0 radical (unpaired) electrons. The average molecular weight is 542 g/mol. The molecule has 1 aliphatic heterocycles. The normalized spacial score (nSPS) is 17.8. The summed E-state index contributed by atoms with van der Waals surface area (Å²) < 4.78 is 7.77. The van der Waals surface area contributed by atoms with Gasteiger partial charge in [0.2, 0.25) is 0 Å². The van der Waals surface area contributed by atoms with Crippen molar-refractivity contribution in [3.8, 4) is 5.75 Å². The van der Waals surface area contributed by atoms with Gasteiger partial charge in [-0.25, -0.2) is 4.68 Å². The van der Waals surface area contributed by atoms with Crippen molar-refractivity contribution in [1.82, 2.24) is 30.1 Å². The molecule has 1 atom stereocenters. The molecular formula is C31H39N7O2. The molecule has 2 aliphatic rings. The van der Waals surface area contributed by atoms with Gasteiger partial charge in [-0.3, -0.25) is 9.69 Å². The largest absolute Gasteiger partial charge is 0.494 e. The number of anilines is 1. The highest BCUT2D eigenvalue weighted by molar-refractivity contribution is 5.80. The van der Waals surface area contributed by atoms with Crippen LogP contribution in [0.3, 0.4) is 0 Å². The molecular weight excluding hydrogens is 502 g/mol. The number of hydrogen-bond acceptors (Lipinski definition) is 7. The number of benzene rings is 2. The second-order valence-corrected chi connectivity index (χ2v) is 11.2. The molecule has 1 unspecified atom stereocenters. The zero-order valence-electron chi connectivity index (χ0n) is 23.8. The molecule has 9 nitrogen and oxygen atoms in total. The summed E-state index contributed by atoms with van der Waals surface area (Å²) in [5, 5.41) is 14.2. The van der Waals surface area contributed by atoms with E-state index in [1.165, 1.54) is 36.1 Å². The fourth-order valence-corrected chi connectivity index (χ4v) is 6.41.